The molecular weight excluding hydrogens is 412 g/mol. The minimum Gasteiger partial charge on any atom is -0.458 e. The summed E-state index contributed by atoms with van der Waals surface area (Å²) in [7, 11) is -1.76. The first-order valence-corrected chi connectivity index (χ1v) is 16.1. The zero-order valence-corrected chi connectivity index (χ0v) is 23.3. The molecule has 0 heterocycles. The third kappa shape index (κ3) is 11.3. The quantitative estimate of drug-likeness (QED) is 0.111. The molecule has 3 nitrogen and oxygen atoms in total. The highest BCUT2D eigenvalue weighted by Crippen LogP contribution is 2.42. The monoisotopic (exact) mass is 464 g/mol. The van der Waals surface area contributed by atoms with E-state index in [4.69, 9.17) is 9.16 Å². The van der Waals surface area contributed by atoms with Gasteiger partial charge in [0.15, 0.2) is 8.32 Å². The summed E-state index contributed by atoms with van der Waals surface area (Å²) in [6.45, 7) is 16.2. The zero-order chi connectivity index (χ0) is 24.1. The van der Waals surface area contributed by atoms with Crippen LogP contribution in [0.15, 0.2) is 24.3 Å². The molecule has 1 atom stereocenters. The van der Waals surface area contributed by atoms with Gasteiger partial charge in [-0.15, -0.1) is 0 Å². The van der Waals surface area contributed by atoms with Crippen molar-refractivity contribution in [1.29, 1.82) is 0 Å². The number of hydrogen-bond acceptors (Lipinski definition) is 3. The number of rotatable bonds is 14. The average molecular weight is 465 g/mol. The molecule has 32 heavy (non-hydrogen) atoms. The van der Waals surface area contributed by atoms with Crippen LogP contribution >= 0.6 is 0 Å². The number of carbonyl (C=O) groups excluding carboxylic acids is 1. The molecule has 0 bridgehead atoms. The van der Waals surface area contributed by atoms with Gasteiger partial charge in [0.2, 0.25) is 0 Å². The summed E-state index contributed by atoms with van der Waals surface area (Å²) in [6.07, 6.45) is 23.3. The predicted molar refractivity (Wildman–Crippen MR) is 140 cm³/mol. The Morgan fingerprint density at radius 1 is 1.00 bits per heavy atom. The topological polar surface area (TPSA) is 35.5 Å². The van der Waals surface area contributed by atoms with E-state index in [0.717, 1.165) is 19.4 Å². The molecule has 0 aliphatic heterocycles. The van der Waals surface area contributed by atoms with Gasteiger partial charge >= 0.3 is 5.97 Å². The predicted octanol–water partition coefficient (Wildman–Crippen LogP) is 8.75. The molecule has 186 valence electrons. The Bertz CT molecular complexity index is 580. The van der Waals surface area contributed by atoms with E-state index in [9.17, 15) is 4.79 Å². The van der Waals surface area contributed by atoms with Crippen LogP contribution in [-0.2, 0) is 14.0 Å². The van der Waals surface area contributed by atoms with E-state index < -0.39 is 8.32 Å². The maximum Gasteiger partial charge on any atom is 0.303 e. The second-order valence-corrected chi connectivity index (χ2v) is 16.2. The van der Waals surface area contributed by atoms with Crippen molar-refractivity contribution in [3.8, 4) is 0 Å². The number of allylic oxidation sites excluding steroid dienone is 2. The Kier molecular flexibility index (Phi) is 13.1. The Morgan fingerprint density at radius 3 is 2.22 bits per heavy atom. The first kappa shape index (κ1) is 29.2. The molecule has 0 saturated heterocycles. The average Bonchev–Trinajstić information content (AvgIpc) is 2.71. The molecule has 0 aromatic carbocycles. The molecule has 0 spiro atoms. The molecular formula is C28H52O3Si. The largest absolute Gasteiger partial charge is 0.458 e. The molecule has 1 aliphatic carbocycles. The molecule has 0 radical (unpaired) electrons. The molecule has 0 aromatic rings. The Hall–Kier alpha value is -0.873. The SMILES string of the molecule is CCCCCCCCC(/C=C/C=C/C1(CO[Si](C)(C)C(C)(C)C)CCCCC1)OC(C)=O. The minimum absolute atomic E-state index is 0.117. The highest BCUT2D eigenvalue weighted by Gasteiger charge is 2.40. The summed E-state index contributed by atoms with van der Waals surface area (Å²) in [5, 5.41) is 0.236. The summed E-state index contributed by atoms with van der Waals surface area (Å²) in [4.78, 5) is 11.5. The van der Waals surface area contributed by atoms with Crippen molar-refractivity contribution in [3.63, 3.8) is 0 Å². The zero-order valence-electron chi connectivity index (χ0n) is 22.3. The van der Waals surface area contributed by atoms with Crippen molar-refractivity contribution in [1.82, 2.24) is 0 Å². The number of unbranched alkanes of at least 4 members (excludes halogenated alkanes) is 5. The molecule has 0 aromatic heterocycles. The van der Waals surface area contributed by atoms with Gasteiger partial charge in [-0.05, 0) is 49.9 Å². The van der Waals surface area contributed by atoms with Crippen LogP contribution in [-0.4, -0.2) is 27.0 Å². The molecule has 0 amide bonds. The second kappa shape index (κ2) is 14.4. The Labute approximate surface area is 200 Å². The fourth-order valence-electron chi connectivity index (χ4n) is 4.14. The number of ether oxygens (including phenoxy) is 1. The van der Waals surface area contributed by atoms with Gasteiger partial charge in [-0.3, -0.25) is 4.79 Å². The van der Waals surface area contributed by atoms with Gasteiger partial charge < -0.3 is 9.16 Å². The van der Waals surface area contributed by atoms with E-state index in [1.807, 2.05) is 0 Å². The Balaban J connectivity index is 2.69. The molecule has 1 rings (SSSR count). The summed E-state index contributed by atoms with van der Waals surface area (Å²) in [5.74, 6) is -0.193. The van der Waals surface area contributed by atoms with Crippen molar-refractivity contribution in [2.45, 2.75) is 136 Å². The van der Waals surface area contributed by atoms with Crippen molar-refractivity contribution in [2.75, 3.05) is 6.61 Å². The van der Waals surface area contributed by atoms with Gasteiger partial charge in [-0.2, -0.15) is 0 Å². The van der Waals surface area contributed by atoms with Gasteiger partial charge in [0, 0.05) is 18.9 Å². The van der Waals surface area contributed by atoms with Crippen LogP contribution in [0.5, 0.6) is 0 Å². The van der Waals surface area contributed by atoms with Crippen molar-refractivity contribution in [2.24, 2.45) is 5.41 Å². The lowest BCUT2D eigenvalue weighted by molar-refractivity contribution is -0.144. The first-order chi connectivity index (χ1) is 15.0. The summed E-state index contributed by atoms with van der Waals surface area (Å²) in [5.41, 5.74) is 0.147. The summed E-state index contributed by atoms with van der Waals surface area (Å²) >= 11 is 0. The molecule has 4 heteroatoms. The highest BCUT2D eigenvalue weighted by atomic mass is 28.4. The van der Waals surface area contributed by atoms with Gasteiger partial charge in [0.05, 0.1) is 0 Å². The normalized spacial score (nSPS) is 18.3. The van der Waals surface area contributed by atoms with E-state index in [0.29, 0.717) is 0 Å². The van der Waals surface area contributed by atoms with Crippen LogP contribution in [0.4, 0.5) is 0 Å². The molecule has 0 N–H and O–H groups in total. The third-order valence-electron chi connectivity index (χ3n) is 7.42. The lowest BCUT2D eigenvalue weighted by Gasteiger charge is -2.41. The minimum atomic E-state index is -1.76. The highest BCUT2D eigenvalue weighted by molar-refractivity contribution is 6.74. The molecule has 1 fully saturated rings. The van der Waals surface area contributed by atoms with Crippen LogP contribution in [0.2, 0.25) is 18.1 Å². The van der Waals surface area contributed by atoms with E-state index in [1.165, 1.54) is 71.1 Å². The molecule has 1 saturated carbocycles. The van der Waals surface area contributed by atoms with E-state index in [2.05, 4.69) is 65.1 Å². The second-order valence-electron chi connectivity index (χ2n) is 11.4. The number of esters is 1. The van der Waals surface area contributed by atoms with Crippen LogP contribution in [0.1, 0.15) is 112 Å². The fourth-order valence-corrected chi connectivity index (χ4v) is 5.22. The van der Waals surface area contributed by atoms with E-state index >= 15 is 0 Å². The molecule has 1 aliphatic rings. The van der Waals surface area contributed by atoms with E-state index in [1.54, 1.807) is 0 Å². The number of carbonyl (C=O) groups is 1. The smallest absolute Gasteiger partial charge is 0.303 e. The summed E-state index contributed by atoms with van der Waals surface area (Å²) < 4.78 is 12.2. The van der Waals surface area contributed by atoms with Crippen molar-refractivity contribution in [3.05, 3.63) is 24.3 Å². The first-order valence-electron chi connectivity index (χ1n) is 13.2. The van der Waals surface area contributed by atoms with Crippen LogP contribution in [0, 0.1) is 5.41 Å². The lowest BCUT2D eigenvalue weighted by atomic mass is 9.74. The van der Waals surface area contributed by atoms with Crippen LogP contribution in [0.25, 0.3) is 0 Å². The maximum absolute atomic E-state index is 11.5. The Morgan fingerprint density at radius 2 is 1.62 bits per heavy atom. The van der Waals surface area contributed by atoms with Crippen molar-refractivity contribution < 1.29 is 14.0 Å². The van der Waals surface area contributed by atoms with Crippen molar-refractivity contribution >= 4 is 14.3 Å². The van der Waals surface area contributed by atoms with E-state index in [-0.39, 0.29) is 22.5 Å². The lowest BCUT2D eigenvalue weighted by Crippen LogP contribution is -2.44. The number of hydrogen-bond donors (Lipinski definition) is 0. The van der Waals surface area contributed by atoms with Gasteiger partial charge in [-0.25, -0.2) is 0 Å². The fraction of sp³-hybridized carbons (Fsp3) is 0.821. The van der Waals surface area contributed by atoms with Crippen LogP contribution in [0.3, 0.4) is 0 Å². The van der Waals surface area contributed by atoms with Gasteiger partial charge in [0.1, 0.15) is 6.10 Å². The van der Waals surface area contributed by atoms with Crippen LogP contribution < -0.4 is 0 Å². The summed E-state index contributed by atoms with van der Waals surface area (Å²) in [6, 6.07) is 0. The van der Waals surface area contributed by atoms with Gasteiger partial charge in [0.25, 0.3) is 0 Å². The maximum atomic E-state index is 11.5. The molecule has 1 unspecified atom stereocenters. The third-order valence-corrected chi connectivity index (χ3v) is 11.9. The standard InChI is InChI=1S/C28H52O3Si/c1-8-9-10-11-12-14-19-26(31-25(2)29)20-15-18-23-28(21-16-13-17-22-28)24-30-32(6,7)27(3,4)5/h15,18,20,23,26H,8-14,16-17,19,21-22,24H2,1-7H3/b20-15+,23-18+. The van der Waals surface area contributed by atoms with Gasteiger partial charge in [-0.1, -0.05) is 97.3 Å².